The first-order valence-electron chi connectivity index (χ1n) is 15.7. The van der Waals surface area contributed by atoms with Crippen molar-refractivity contribution in [1.82, 2.24) is 0 Å². The van der Waals surface area contributed by atoms with Crippen molar-refractivity contribution in [2.45, 2.75) is 0 Å². The molecule has 2 nitrogen and oxygen atoms in total. The van der Waals surface area contributed by atoms with Gasteiger partial charge in [-0.1, -0.05) is 127 Å². The van der Waals surface area contributed by atoms with Gasteiger partial charge in [0.2, 0.25) is 0 Å². The molecule has 0 spiro atoms. The topological polar surface area (TPSA) is 16.4 Å². The van der Waals surface area contributed by atoms with Crippen LogP contribution in [0.15, 0.2) is 180 Å². The highest BCUT2D eigenvalue weighted by molar-refractivity contribution is 6.07. The molecule has 0 atom stereocenters. The lowest BCUT2D eigenvalue weighted by Crippen LogP contribution is -2.11. The fraction of sp³-hybridized carbons (Fsp3) is 0. The molecule has 0 aliphatic carbocycles. The Balaban J connectivity index is 1.26. The molecule has 0 aliphatic heterocycles. The van der Waals surface area contributed by atoms with Crippen molar-refractivity contribution < 1.29 is 4.42 Å². The summed E-state index contributed by atoms with van der Waals surface area (Å²) in [6.07, 6.45) is 0. The maximum absolute atomic E-state index is 6.32. The van der Waals surface area contributed by atoms with E-state index < -0.39 is 0 Å². The van der Waals surface area contributed by atoms with Gasteiger partial charge in [0.05, 0.1) is 11.4 Å². The Labute approximate surface area is 267 Å². The van der Waals surface area contributed by atoms with Crippen LogP contribution in [-0.4, -0.2) is 0 Å². The minimum atomic E-state index is 0.892. The van der Waals surface area contributed by atoms with Crippen LogP contribution in [0.2, 0.25) is 0 Å². The Kier molecular flexibility index (Phi) is 6.17. The summed E-state index contributed by atoms with van der Waals surface area (Å²) in [5.41, 5.74) is 9.74. The second-order valence-electron chi connectivity index (χ2n) is 11.8. The molecule has 0 N–H and O–H groups in total. The van der Waals surface area contributed by atoms with E-state index in [0.717, 1.165) is 50.1 Å². The fourth-order valence-electron chi connectivity index (χ4n) is 6.81. The van der Waals surface area contributed by atoms with Gasteiger partial charge in [0, 0.05) is 27.4 Å². The highest BCUT2D eigenvalue weighted by Crippen LogP contribution is 2.45. The summed E-state index contributed by atoms with van der Waals surface area (Å²) in [4.78, 5) is 2.41. The predicted molar refractivity (Wildman–Crippen MR) is 194 cm³/mol. The normalized spacial score (nSPS) is 11.5. The van der Waals surface area contributed by atoms with Gasteiger partial charge < -0.3 is 9.32 Å². The lowest BCUT2D eigenvalue weighted by molar-refractivity contribution is 0.669. The number of nitrogens with zero attached hydrogens (tertiary/aromatic N) is 1. The number of rotatable bonds is 5. The molecular formula is C44H29NO. The van der Waals surface area contributed by atoms with Crippen LogP contribution in [0.4, 0.5) is 17.1 Å². The van der Waals surface area contributed by atoms with Crippen LogP contribution >= 0.6 is 0 Å². The largest absolute Gasteiger partial charge is 0.456 e. The number of anilines is 3. The Morgan fingerprint density at radius 2 is 1.00 bits per heavy atom. The molecule has 216 valence electrons. The van der Waals surface area contributed by atoms with E-state index in [1.807, 2.05) is 12.1 Å². The minimum absolute atomic E-state index is 0.892. The number of furan rings is 1. The first kappa shape index (κ1) is 26.3. The molecule has 46 heavy (non-hydrogen) atoms. The van der Waals surface area contributed by atoms with Crippen molar-refractivity contribution >= 4 is 60.5 Å². The van der Waals surface area contributed by atoms with Crippen molar-refractivity contribution in [2.75, 3.05) is 4.90 Å². The predicted octanol–water partition coefficient (Wildman–Crippen LogP) is 12.7. The monoisotopic (exact) mass is 587 g/mol. The van der Waals surface area contributed by atoms with Crippen LogP contribution in [0.25, 0.3) is 65.7 Å². The molecule has 0 saturated carbocycles. The second-order valence-corrected chi connectivity index (χ2v) is 11.8. The van der Waals surface area contributed by atoms with E-state index in [-0.39, 0.29) is 0 Å². The summed E-state index contributed by atoms with van der Waals surface area (Å²) in [6, 6.07) is 62.9. The van der Waals surface area contributed by atoms with Crippen LogP contribution in [0, 0.1) is 0 Å². The number of benzene rings is 8. The Morgan fingerprint density at radius 3 is 1.93 bits per heavy atom. The van der Waals surface area contributed by atoms with Gasteiger partial charge in [0.1, 0.15) is 11.2 Å². The number of para-hydroxylation sites is 2. The number of hydrogen-bond acceptors (Lipinski definition) is 2. The van der Waals surface area contributed by atoms with Gasteiger partial charge in [-0.2, -0.15) is 0 Å². The highest BCUT2D eigenvalue weighted by Gasteiger charge is 2.20. The molecule has 8 aromatic carbocycles. The standard InChI is InChI=1S/C44H29NO/c1-2-13-32-27-34(24-23-30(32)11-1)33-15-9-16-36(28-33)45(42-21-10-14-31-12-3-4-17-37(31)42)41-20-7-5-18-38(41)35-25-26-40-39-19-6-8-22-43(39)46-44(40)29-35/h1-29H. The van der Waals surface area contributed by atoms with Crippen LogP contribution < -0.4 is 4.90 Å². The fourth-order valence-corrected chi connectivity index (χ4v) is 6.81. The Bertz CT molecular complexity index is 2550. The molecule has 0 bridgehead atoms. The molecule has 1 heterocycles. The lowest BCUT2D eigenvalue weighted by atomic mass is 9.98. The van der Waals surface area contributed by atoms with Gasteiger partial charge in [0.15, 0.2) is 0 Å². The maximum Gasteiger partial charge on any atom is 0.136 e. The Hall–Kier alpha value is -6.12. The molecule has 0 radical (unpaired) electrons. The maximum atomic E-state index is 6.32. The van der Waals surface area contributed by atoms with Crippen molar-refractivity contribution in [3.63, 3.8) is 0 Å². The van der Waals surface area contributed by atoms with E-state index >= 15 is 0 Å². The van der Waals surface area contributed by atoms with Crippen LogP contribution in [0.3, 0.4) is 0 Å². The first-order valence-corrected chi connectivity index (χ1v) is 15.7. The Morgan fingerprint density at radius 1 is 0.348 bits per heavy atom. The summed E-state index contributed by atoms with van der Waals surface area (Å²) >= 11 is 0. The van der Waals surface area contributed by atoms with Crippen molar-refractivity contribution in [2.24, 2.45) is 0 Å². The van der Waals surface area contributed by atoms with Crippen LogP contribution in [0.1, 0.15) is 0 Å². The summed E-state index contributed by atoms with van der Waals surface area (Å²) in [5, 5.41) is 7.16. The van der Waals surface area contributed by atoms with Gasteiger partial charge in [-0.25, -0.2) is 0 Å². The summed E-state index contributed by atoms with van der Waals surface area (Å²) < 4.78 is 6.32. The average molecular weight is 588 g/mol. The molecule has 0 fully saturated rings. The molecule has 0 saturated heterocycles. The third-order valence-corrected chi connectivity index (χ3v) is 9.03. The zero-order chi connectivity index (χ0) is 30.5. The number of hydrogen-bond donors (Lipinski definition) is 0. The van der Waals surface area contributed by atoms with Crippen LogP contribution in [-0.2, 0) is 0 Å². The zero-order valence-corrected chi connectivity index (χ0v) is 25.1. The molecule has 1 aromatic heterocycles. The van der Waals surface area contributed by atoms with Gasteiger partial charge in [0.25, 0.3) is 0 Å². The molecule has 9 rings (SSSR count). The van der Waals surface area contributed by atoms with Gasteiger partial charge in [-0.3, -0.25) is 0 Å². The third-order valence-electron chi connectivity index (χ3n) is 9.03. The molecule has 0 aliphatic rings. The van der Waals surface area contributed by atoms with Crippen molar-refractivity contribution in [1.29, 1.82) is 0 Å². The van der Waals surface area contributed by atoms with Gasteiger partial charge in [-0.05, 0) is 81.4 Å². The van der Waals surface area contributed by atoms with E-state index in [2.05, 4.69) is 169 Å². The third kappa shape index (κ3) is 4.43. The lowest BCUT2D eigenvalue weighted by Gasteiger charge is -2.29. The molecule has 9 aromatic rings. The summed E-state index contributed by atoms with van der Waals surface area (Å²) in [6.45, 7) is 0. The van der Waals surface area contributed by atoms with E-state index in [1.54, 1.807) is 0 Å². The molecule has 0 amide bonds. The molecule has 0 unspecified atom stereocenters. The smallest absolute Gasteiger partial charge is 0.136 e. The molecule has 2 heteroatoms. The quantitative estimate of drug-likeness (QED) is 0.199. The summed E-state index contributed by atoms with van der Waals surface area (Å²) in [5.74, 6) is 0. The zero-order valence-electron chi connectivity index (χ0n) is 25.1. The van der Waals surface area contributed by atoms with Crippen LogP contribution in [0.5, 0.6) is 0 Å². The summed E-state index contributed by atoms with van der Waals surface area (Å²) in [7, 11) is 0. The van der Waals surface area contributed by atoms with E-state index in [1.165, 1.54) is 32.7 Å². The van der Waals surface area contributed by atoms with Crippen molar-refractivity contribution in [3.05, 3.63) is 176 Å². The highest BCUT2D eigenvalue weighted by atomic mass is 16.3. The van der Waals surface area contributed by atoms with E-state index in [4.69, 9.17) is 4.42 Å². The van der Waals surface area contributed by atoms with E-state index in [9.17, 15) is 0 Å². The second kappa shape index (κ2) is 10.8. The first-order chi connectivity index (χ1) is 22.8. The number of fused-ring (bicyclic) bond motifs is 5. The van der Waals surface area contributed by atoms with Gasteiger partial charge in [-0.15, -0.1) is 0 Å². The SMILES string of the molecule is c1cc(-c2ccc3ccccc3c2)cc(N(c2ccccc2-c2ccc3c(c2)oc2ccccc23)c2cccc3ccccc23)c1. The van der Waals surface area contributed by atoms with Crippen molar-refractivity contribution in [3.8, 4) is 22.3 Å². The van der Waals surface area contributed by atoms with E-state index in [0.29, 0.717) is 0 Å². The molecular weight excluding hydrogens is 558 g/mol. The average Bonchev–Trinajstić information content (AvgIpc) is 3.50. The van der Waals surface area contributed by atoms with Gasteiger partial charge >= 0.3 is 0 Å². The minimum Gasteiger partial charge on any atom is -0.456 e.